The Balaban J connectivity index is 2.35. The summed E-state index contributed by atoms with van der Waals surface area (Å²) in [6.45, 7) is 11.4. The summed E-state index contributed by atoms with van der Waals surface area (Å²) in [6.07, 6.45) is 1.11. The van der Waals surface area contributed by atoms with Gasteiger partial charge in [0.15, 0.2) is 0 Å². The smallest absolute Gasteiger partial charge is 0.0159 e. The minimum absolute atomic E-state index is 0.133. The van der Waals surface area contributed by atoms with E-state index >= 15 is 0 Å². The molecule has 0 unspecified atom stereocenters. The molecule has 0 amide bonds. The highest BCUT2D eigenvalue weighted by atomic mass is 14.4. The Morgan fingerprint density at radius 1 is 0.895 bits per heavy atom. The molecule has 1 aliphatic rings. The molecule has 0 saturated carbocycles. The molecular weight excluding hydrogens is 228 g/mol. The third-order valence-electron chi connectivity index (χ3n) is 4.67. The van der Waals surface area contributed by atoms with E-state index in [0.717, 1.165) is 6.42 Å². The first-order chi connectivity index (χ1) is 8.95. The molecule has 0 atom stereocenters. The molecule has 0 heteroatoms. The highest BCUT2D eigenvalue weighted by Crippen LogP contribution is 2.49. The molecule has 0 N–H and O–H groups in total. The molecule has 0 spiro atoms. The fourth-order valence-electron chi connectivity index (χ4n) is 3.43. The third kappa shape index (κ3) is 1.66. The average Bonchev–Trinajstić information content (AvgIpc) is 2.58. The molecule has 0 aromatic heterocycles. The number of aryl methyl sites for hydroxylation is 3. The van der Waals surface area contributed by atoms with Gasteiger partial charge in [-0.15, -0.1) is 0 Å². The van der Waals surface area contributed by atoms with Crippen LogP contribution in [-0.4, -0.2) is 0 Å². The predicted octanol–water partition coefficient (Wildman–Crippen LogP) is 5.17. The van der Waals surface area contributed by atoms with E-state index in [0.29, 0.717) is 0 Å². The van der Waals surface area contributed by atoms with Gasteiger partial charge in [0.2, 0.25) is 0 Å². The second-order valence-electron chi connectivity index (χ2n) is 6.35. The molecule has 0 fully saturated rings. The summed E-state index contributed by atoms with van der Waals surface area (Å²) < 4.78 is 0. The van der Waals surface area contributed by atoms with Crippen LogP contribution in [0.5, 0.6) is 0 Å². The molecule has 0 bridgehead atoms. The van der Waals surface area contributed by atoms with Crippen molar-refractivity contribution in [2.45, 2.75) is 46.5 Å². The van der Waals surface area contributed by atoms with Gasteiger partial charge in [0.25, 0.3) is 0 Å². The van der Waals surface area contributed by atoms with Crippen molar-refractivity contribution >= 4 is 0 Å². The van der Waals surface area contributed by atoms with Crippen molar-refractivity contribution in [2.75, 3.05) is 0 Å². The van der Waals surface area contributed by atoms with Crippen molar-refractivity contribution in [1.29, 1.82) is 0 Å². The van der Waals surface area contributed by atoms with Gasteiger partial charge in [-0.05, 0) is 53.6 Å². The molecule has 0 radical (unpaired) electrons. The highest BCUT2D eigenvalue weighted by molar-refractivity contribution is 5.81. The number of fused-ring (bicyclic) bond motifs is 3. The second-order valence-corrected chi connectivity index (χ2v) is 6.35. The molecule has 1 aliphatic carbocycles. The minimum Gasteiger partial charge on any atom is -0.0613 e. The Labute approximate surface area is 116 Å². The second kappa shape index (κ2) is 3.96. The summed E-state index contributed by atoms with van der Waals surface area (Å²) in [6, 6.07) is 11.7. The molecule has 0 aliphatic heterocycles. The molecule has 0 saturated heterocycles. The quantitative estimate of drug-likeness (QED) is 0.655. The number of benzene rings is 2. The standard InChI is InChI=1S/C19H22/c1-6-14-11-16-15-8-7-12(2)9-17(15)19(4,5)18(16)10-13(14)3/h7-11H,6H2,1-5H3. The first-order valence-corrected chi connectivity index (χ1v) is 7.20. The van der Waals surface area contributed by atoms with Crippen molar-refractivity contribution in [1.82, 2.24) is 0 Å². The molecule has 19 heavy (non-hydrogen) atoms. The largest absolute Gasteiger partial charge is 0.0613 e. The van der Waals surface area contributed by atoms with E-state index in [9.17, 15) is 0 Å². The van der Waals surface area contributed by atoms with E-state index in [-0.39, 0.29) is 5.41 Å². The van der Waals surface area contributed by atoms with Crippen LogP contribution in [-0.2, 0) is 11.8 Å². The van der Waals surface area contributed by atoms with Gasteiger partial charge in [-0.1, -0.05) is 56.7 Å². The fourth-order valence-corrected chi connectivity index (χ4v) is 3.43. The predicted molar refractivity (Wildman–Crippen MR) is 82.9 cm³/mol. The van der Waals surface area contributed by atoms with Crippen LogP contribution < -0.4 is 0 Å². The van der Waals surface area contributed by atoms with Crippen LogP contribution in [0.4, 0.5) is 0 Å². The van der Waals surface area contributed by atoms with E-state index < -0.39 is 0 Å². The van der Waals surface area contributed by atoms with Crippen molar-refractivity contribution < 1.29 is 0 Å². The van der Waals surface area contributed by atoms with Crippen molar-refractivity contribution in [3.05, 3.63) is 58.1 Å². The Bertz CT molecular complexity index is 660. The lowest BCUT2D eigenvalue weighted by molar-refractivity contribution is 0.659. The minimum atomic E-state index is 0.133. The van der Waals surface area contributed by atoms with E-state index in [1.807, 2.05) is 0 Å². The van der Waals surface area contributed by atoms with Gasteiger partial charge in [-0.3, -0.25) is 0 Å². The Morgan fingerprint density at radius 2 is 1.58 bits per heavy atom. The topological polar surface area (TPSA) is 0 Å². The van der Waals surface area contributed by atoms with Crippen LogP contribution in [0.1, 0.15) is 48.6 Å². The van der Waals surface area contributed by atoms with Crippen LogP contribution in [0.15, 0.2) is 30.3 Å². The maximum Gasteiger partial charge on any atom is 0.0159 e. The normalized spacial score (nSPS) is 15.2. The maximum absolute atomic E-state index is 2.41. The first-order valence-electron chi connectivity index (χ1n) is 7.20. The lowest BCUT2D eigenvalue weighted by Crippen LogP contribution is -2.15. The summed E-state index contributed by atoms with van der Waals surface area (Å²) in [5, 5.41) is 0. The van der Waals surface area contributed by atoms with Crippen molar-refractivity contribution in [3.63, 3.8) is 0 Å². The lowest BCUT2D eigenvalue weighted by atomic mass is 9.81. The number of rotatable bonds is 1. The van der Waals surface area contributed by atoms with Crippen LogP contribution >= 0.6 is 0 Å². The van der Waals surface area contributed by atoms with Gasteiger partial charge in [0, 0.05) is 5.41 Å². The summed E-state index contributed by atoms with van der Waals surface area (Å²) in [4.78, 5) is 0. The van der Waals surface area contributed by atoms with Gasteiger partial charge in [-0.25, -0.2) is 0 Å². The van der Waals surface area contributed by atoms with Gasteiger partial charge in [0.05, 0.1) is 0 Å². The summed E-state index contributed by atoms with van der Waals surface area (Å²) in [7, 11) is 0. The monoisotopic (exact) mass is 250 g/mol. The molecular formula is C19H22. The van der Waals surface area contributed by atoms with Crippen molar-refractivity contribution in [2.24, 2.45) is 0 Å². The van der Waals surface area contributed by atoms with Crippen LogP contribution in [0.3, 0.4) is 0 Å². The zero-order valence-corrected chi connectivity index (χ0v) is 12.6. The van der Waals surface area contributed by atoms with E-state index in [2.05, 4.69) is 65.0 Å². The first kappa shape index (κ1) is 12.5. The van der Waals surface area contributed by atoms with Gasteiger partial charge >= 0.3 is 0 Å². The number of hydrogen-bond donors (Lipinski definition) is 0. The SMILES string of the molecule is CCc1cc2c(cc1C)C(C)(C)c1cc(C)ccc1-2. The number of hydrogen-bond acceptors (Lipinski definition) is 0. The summed E-state index contributed by atoms with van der Waals surface area (Å²) in [5.74, 6) is 0. The molecule has 3 rings (SSSR count). The Hall–Kier alpha value is -1.56. The third-order valence-corrected chi connectivity index (χ3v) is 4.67. The van der Waals surface area contributed by atoms with Crippen LogP contribution in [0.25, 0.3) is 11.1 Å². The fraction of sp³-hybridized carbons (Fsp3) is 0.368. The van der Waals surface area contributed by atoms with Crippen LogP contribution in [0, 0.1) is 13.8 Å². The molecule has 0 heterocycles. The van der Waals surface area contributed by atoms with E-state index in [1.165, 1.54) is 38.9 Å². The molecule has 98 valence electrons. The average molecular weight is 250 g/mol. The Kier molecular flexibility index (Phi) is 2.60. The zero-order chi connectivity index (χ0) is 13.8. The van der Waals surface area contributed by atoms with Gasteiger partial charge in [0.1, 0.15) is 0 Å². The summed E-state index contributed by atoms with van der Waals surface area (Å²) >= 11 is 0. The lowest BCUT2D eigenvalue weighted by Gasteiger charge is -2.22. The van der Waals surface area contributed by atoms with Crippen molar-refractivity contribution in [3.8, 4) is 11.1 Å². The summed E-state index contributed by atoms with van der Waals surface area (Å²) in [5.41, 5.74) is 10.2. The van der Waals surface area contributed by atoms with E-state index in [1.54, 1.807) is 0 Å². The molecule has 2 aromatic rings. The molecule has 2 aromatic carbocycles. The Morgan fingerprint density at radius 3 is 2.26 bits per heavy atom. The molecule has 0 nitrogen and oxygen atoms in total. The highest BCUT2D eigenvalue weighted by Gasteiger charge is 2.35. The zero-order valence-electron chi connectivity index (χ0n) is 12.6. The van der Waals surface area contributed by atoms with Gasteiger partial charge < -0.3 is 0 Å². The van der Waals surface area contributed by atoms with Gasteiger partial charge in [-0.2, -0.15) is 0 Å². The van der Waals surface area contributed by atoms with E-state index in [4.69, 9.17) is 0 Å². The maximum atomic E-state index is 2.41. The van der Waals surface area contributed by atoms with Crippen LogP contribution in [0.2, 0.25) is 0 Å².